The molecule has 114 valence electrons. The summed E-state index contributed by atoms with van der Waals surface area (Å²) in [7, 11) is 1.95. The Hall–Kier alpha value is -1.17. The van der Waals surface area contributed by atoms with Gasteiger partial charge in [0, 0.05) is 45.0 Å². The predicted octanol–water partition coefficient (Wildman–Crippen LogP) is 2.32. The Kier molecular flexibility index (Phi) is 4.42. The number of aromatic nitrogens is 2. The zero-order valence-electron chi connectivity index (χ0n) is 12.3. The van der Waals surface area contributed by atoms with E-state index in [0.29, 0.717) is 17.7 Å². The van der Waals surface area contributed by atoms with Gasteiger partial charge in [0.1, 0.15) is 0 Å². The fraction of sp³-hybridized carbons (Fsp3) is 0.667. The molecular formula is C15H21BrN4O. The summed E-state index contributed by atoms with van der Waals surface area (Å²) in [4.78, 5) is 24.9. The molecule has 2 fully saturated rings. The van der Waals surface area contributed by atoms with Crippen molar-refractivity contribution in [3.63, 3.8) is 0 Å². The zero-order valence-corrected chi connectivity index (χ0v) is 13.9. The first kappa shape index (κ1) is 14.8. The minimum Gasteiger partial charge on any atom is -0.345 e. The van der Waals surface area contributed by atoms with Gasteiger partial charge in [-0.1, -0.05) is 0 Å². The highest BCUT2D eigenvalue weighted by atomic mass is 79.9. The first-order valence-electron chi connectivity index (χ1n) is 7.61. The smallest absolute Gasteiger partial charge is 0.225 e. The Labute approximate surface area is 133 Å². The van der Waals surface area contributed by atoms with Gasteiger partial charge in [-0.25, -0.2) is 9.97 Å². The molecule has 0 N–H and O–H groups in total. The van der Waals surface area contributed by atoms with E-state index >= 15 is 0 Å². The molecule has 2 aliphatic rings. The summed E-state index contributed by atoms with van der Waals surface area (Å²) in [5.74, 6) is 2.07. The van der Waals surface area contributed by atoms with Crippen molar-refractivity contribution in [3.05, 3.63) is 16.9 Å². The molecule has 0 unspecified atom stereocenters. The van der Waals surface area contributed by atoms with Crippen LogP contribution in [0.2, 0.25) is 0 Å². The second-order valence-electron chi connectivity index (χ2n) is 6.12. The third kappa shape index (κ3) is 3.73. The molecule has 1 aliphatic carbocycles. The van der Waals surface area contributed by atoms with Gasteiger partial charge in [-0.05, 0) is 47.5 Å². The van der Waals surface area contributed by atoms with Gasteiger partial charge in [0.25, 0.3) is 0 Å². The lowest BCUT2D eigenvalue weighted by Gasteiger charge is -2.33. The van der Waals surface area contributed by atoms with Crippen molar-refractivity contribution >= 4 is 27.8 Å². The van der Waals surface area contributed by atoms with Crippen molar-refractivity contribution in [2.75, 3.05) is 31.6 Å². The molecule has 1 saturated heterocycles. The van der Waals surface area contributed by atoms with E-state index in [0.717, 1.165) is 55.7 Å². The van der Waals surface area contributed by atoms with Crippen LogP contribution in [0.1, 0.15) is 25.7 Å². The van der Waals surface area contributed by atoms with Crippen LogP contribution < -0.4 is 4.90 Å². The number of nitrogens with zero attached hydrogens (tertiary/aromatic N) is 4. The number of rotatable bonds is 4. The van der Waals surface area contributed by atoms with Crippen LogP contribution in [-0.4, -0.2) is 47.5 Å². The number of anilines is 1. The Morgan fingerprint density at radius 2 is 1.90 bits per heavy atom. The van der Waals surface area contributed by atoms with Crippen molar-refractivity contribution in [2.45, 2.75) is 25.7 Å². The SMILES string of the molecule is CN(CC1CCN(c2ncc(Br)cn2)CC1)C(=O)C1CC1. The molecule has 3 rings (SSSR count). The molecule has 21 heavy (non-hydrogen) atoms. The van der Waals surface area contributed by atoms with E-state index in [1.165, 1.54) is 0 Å². The Morgan fingerprint density at radius 1 is 1.29 bits per heavy atom. The van der Waals surface area contributed by atoms with Gasteiger partial charge >= 0.3 is 0 Å². The average Bonchev–Trinajstić information content (AvgIpc) is 3.33. The normalized spacial score (nSPS) is 19.6. The molecule has 0 spiro atoms. The van der Waals surface area contributed by atoms with Gasteiger partial charge in [0.15, 0.2) is 0 Å². The largest absolute Gasteiger partial charge is 0.345 e. The lowest BCUT2D eigenvalue weighted by molar-refractivity contribution is -0.131. The summed E-state index contributed by atoms with van der Waals surface area (Å²) in [5, 5.41) is 0. The molecule has 1 aliphatic heterocycles. The maximum atomic E-state index is 12.0. The maximum Gasteiger partial charge on any atom is 0.225 e. The predicted molar refractivity (Wildman–Crippen MR) is 85.0 cm³/mol. The number of halogens is 1. The monoisotopic (exact) mass is 352 g/mol. The van der Waals surface area contributed by atoms with E-state index < -0.39 is 0 Å². The topological polar surface area (TPSA) is 49.3 Å². The van der Waals surface area contributed by atoms with Gasteiger partial charge in [-0.3, -0.25) is 4.79 Å². The van der Waals surface area contributed by atoms with Gasteiger partial charge < -0.3 is 9.80 Å². The zero-order chi connectivity index (χ0) is 14.8. The molecule has 1 amide bonds. The van der Waals surface area contributed by atoms with Gasteiger partial charge in [-0.15, -0.1) is 0 Å². The fourth-order valence-corrected chi connectivity index (χ4v) is 3.11. The van der Waals surface area contributed by atoms with Crippen LogP contribution in [0.5, 0.6) is 0 Å². The molecule has 2 heterocycles. The van der Waals surface area contributed by atoms with E-state index in [2.05, 4.69) is 30.8 Å². The van der Waals surface area contributed by atoms with Crippen molar-refractivity contribution < 1.29 is 4.79 Å². The lowest BCUT2D eigenvalue weighted by Crippen LogP contribution is -2.40. The fourth-order valence-electron chi connectivity index (χ4n) is 2.90. The van der Waals surface area contributed by atoms with Crippen LogP contribution in [-0.2, 0) is 4.79 Å². The number of carbonyl (C=O) groups excluding carboxylic acids is 1. The molecule has 1 aromatic rings. The number of amides is 1. The summed E-state index contributed by atoms with van der Waals surface area (Å²) < 4.78 is 0.904. The Morgan fingerprint density at radius 3 is 2.48 bits per heavy atom. The third-order valence-corrected chi connectivity index (χ3v) is 4.75. The number of carbonyl (C=O) groups is 1. The van der Waals surface area contributed by atoms with Crippen molar-refractivity contribution in [1.29, 1.82) is 0 Å². The van der Waals surface area contributed by atoms with E-state index in [9.17, 15) is 4.79 Å². The number of piperidine rings is 1. The molecule has 0 radical (unpaired) electrons. The molecule has 0 aromatic carbocycles. The van der Waals surface area contributed by atoms with Crippen LogP contribution in [0.4, 0.5) is 5.95 Å². The van der Waals surface area contributed by atoms with Crippen LogP contribution in [0, 0.1) is 11.8 Å². The molecule has 6 heteroatoms. The summed E-state index contributed by atoms with van der Waals surface area (Å²) >= 11 is 3.36. The Bertz CT molecular complexity index is 495. The first-order chi connectivity index (χ1) is 10.1. The molecular weight excluding hydrogens is 332 g/mol. The van der Waals surface area contributed by atoms with E-state index in [1.54, 1.807) is 12.4 Å². The maximum absolute atomic E-state index is 12.0. The molecule has 1 aromatic heterocycles. The van der Waals surface area contributed by atoms with Gasteiger partial charge in [-0.2, -0.15) is 0 Å². The first-order valence-corrected chi connectivity index (χ1v) is 8.40. The Balaban J connectivity index is 1.48. The van der Waals surface area contributed by atoms with Crippen molar-refractivity contribution in [3.8, 4) is 0 Å². The molecule has 5 nitrogen and oxygen atoms in total. The second kappa shape index (κ2) is 6.30. The quantitative estimate of drug-likeness (QED) is 0.834. The summed E-state index contributed by atoms with van der Waals surface area (Å²) in [6, 6.07) is 0. The number of hydrogen-bond acceptors (Lipinski definition) is 4. The van der Waals surface area contributed by atoms with E-state index in [1.807, 2.05) is 11.9 Å². The van der Waals surface area contributed by atoms with Crippen molar-refractivity contribution in [1.82, 2.24) is 14.9 Å². The standard InChI is InChI=1S/C15H21BrN4O/c1-19(14(21)12-2-3-12)10-11-4-6-20(7-5-11)15-17-8-13(16)9-18-15/h8-9,11-12H,2-7,10H2,1H3. The van der Waals surface area contributed by atoms with E-state index in [-0.39, 0.29) is 0 Å². The summed E-state index contributed by atoms with van der Waals surface area (Å²) in [6.45, 7) is 2.83. The number of hydrogen-bond donors (Lipinski definition) is 0. The van der Waals surface area contributed by atoms with Gasteiger partial charge in [0.2, 0.25) is 11.9 Å². The van der Waals surface area contributed by atoms with E-state index in [4.69, 9.17) is 0 Å². The average molecular weight is 353 g/mol. The van der Waals surface area contributed by atoms with Crippen LogP contribution >= 0.6 is 15.9 Å². The molecule has 0 bridgehead atoms. The van der Waals surface area contributed by atoms with Crippen molar-refractivity contribution in [2.24, 2.45) is 11.8 Å². The van der Waals surface area contributed by atoms with Gasteiger partial charge in [0.05, 0.1) is 4.47 Å². The molecule has 0 atom stereocenters. The summed E-state index contributed by atoms with van der Waals surface area (Å²) in [5.41, 5.74) is 0. The van der Waals surface area contributed by atoms with Crippen LogP contribution in [0.15, 0.2) is 16.9 Å². The van der Waals surface area contributed by atoms with Crippen LogP contribution in [0.25, 0.3) is 0 Å². The second-order valence-corrected chi connectivity index (χ2v) is 7.04. The third-order valence-electron chi connectivity index (χ3n) is 4.34. The molecule has 1 saturated carbocycles. The minimum atomic E-state index is 0.325. The highest BCUT2D eigenvalue weighted by Gasteiger charge is 2.33. The highest BCUT2D eigenvalue weighted by Crippen LogP contribution is 2.31. The van der Waals surface area contributed by atoms with Crippen LogP contribution in [0.3, 0.4) is 0 Å². The summed E-state index contributed by atoms with van der Waals surface area (Å²) in [6.07, 6.45) is 7.95. The lowest BCUT2D eigenvalue weighted by atomic mass is 9.96. The highest BCUT2D eigenvalue weighted by molar-refractivity contribution is 9.10. The minimum absolute atomic E-state index is 0.325.